The lowest BCUT2D eigenvalue weighted by molar-refractivity contribution is -0.0122. The second-order valence-corrected chi connectivity index (χ2v) is 10.7. The molecule has 2 atom stereocenters. The van der Waals surface area contributed by atoms with E-state index in [-0.39, 0.29) is 13.1 Å². The molecule has 208 valence electrons. The Morgan fingerprint density at radius 2 is 1.48 bits per heavy atom. The van der Waals surface area contributed by atoms with Crippen LogP contribution in [0.15, 0.2) is 72.9 Å². The number of nitrogens with one attached hydrogen (secondary N) is 2. The fraction of sp³-hybridized carbons (Fsp3) is 0.188. The molecule has 0 saturated carbocycles. The summed E-state index contributed by atoms with van der Waals surface area (Å²) in [6.45, 7) is 0.612. The number of aromatic nitrogens is 3. The number of carbonyl (C=O) groups excluding carboxylic acids is 3. The number of fused-ring (bicyclic) bond motifs is 9. The molecule has 42 heavy (non-hydrogen) atoms. The van der Waals surface area contributed by atoms with E-state index >= 15 is 0 Å². The SMILES string of the molecule is O=C(NCCc1ccccn1)OC1Cn2c3ccccc3c3c4c(c5c6ccccc6n(c5c32)CC1O)C(=O)NC4=O. The molecule has 2 aliphatic heterocycles. The zero-order chi connectivity index (χ0) is 28.5. The van der Waals surface area contributed by atoms with Crippen LogP contribution < -0.4 is 10.6 Å². The summed E-state index contributed by atoms with van der Waals surface area (Å²) in [6, 6.07) is 20.9. The molecule has 3 N–H and O–H groups in total. The number of pyridine rings is 1. The summed E-state index contributed by atoms with van der Waals surface area (Å²) in [5, 5.41) is 19.8. The lowest BCUT2D eigenvalue weighted by Crippen LogP contribution is -2.41. The minimum atomic E-state index is -1.06. The van der Waals surface area contributed by atoms with Crippen molar-refractivity contribution in [2.45, 2.75) is 31.7 Å². The fourth-order valence-electron chi connectivity index (χ4n) is 6.66. The average molecular weight is 560 g/mol. The number of aliphatic hydroxyl groups is 1. The van der Waals surface area contributed by atoms with Gasteiger partial charge in [-0.25, -0.2) is 4.79 Å². The molecule has 2 aliphatic rings. The monoisotopic (exact) mass is 559 g/mol. The van der Waals surface area contributed by atoms with E-state index in [0.29, 0.717) is 34.9 Å². The Balaban J connectivity index is 1.30. The Hall–Kier alpha value is -5.22. The van der Waals surface area contributed by atoms with Gasteiger partial charge in [0.1, 0.15) is 12.2 Å². The molecule has 5 heterocycles. The number of nitrogens with zero attached hydrogens (tertiary/aromatic N) is 3. The molecule has 3 aromatic heterocycles. The van der Waals surface area contributed by atoms with Crippen LogP contribution in [0, 0.1) is 0 Å². The molecular weight excluding hydrogens is 534 g/mol. The Morgan fingerprint density at radius 1 is 0.881 bits per heavy atom. The number of para-hydroxylation sites is 2. The highest BCUT2D eigenvalue weighted by molar-refractivity contribution is 6.39. The zero-order valence-electron chi connectivity index (χ0n) is 22.3. The maximum atomic E-state index is 13.3. The number of rotatable bonds is 4. The highest BCUT2D eigenvalue weighted by atomic mass is 16.6. The van der Waals surface area contributed by atoms with E-state index in [4.69, 9.17) is 4.74 Å². The lowest BCUT2D eigenvalue weighted by atomic mass is 9.96. The highest BCUT2D eigenvalue weighted by Crippen LogP contribution is 2.45. The minimum Gasteiger partial charge on any atom is -0.441 e. The average Bonchev–Trinajstić information content (AvgIpc) is 3.59. The number of benzene rings is 3. The van der Waals surface area contributed by atoms with E-state index in [1.165, 1.54) is 0 Å². The van der Waals surface area contributed by atoms with Crippen LogP contribution >= 0.6 is 0 Å². The predicted molar refractivity (Wildman–Crippen MR) is 156 cm³/mol. The van der Waals surface area contributed by atoms with Gasteiger partial charge in [0.05, 0.1) is 35.2 Å². The van der Waals surface area contributed by atoms with Crippen molar-refractivity contribution in [1.82, 2.24) is 24.8 Å². The van der Waals surface area contributed by atoms with E-state index < -0.39 is 30.1 Å². The molecule has 0 spiro atoms. The summed E-state index contributed by atoms with van der Waals surface area (Å²) >= 11 is 0. The van der Waals surface area contributed by atoms with Crippen LogP contribution in [0.25, 0.3) is 43.6 Å². The van der Waals surface area contributed by atoms with Crippen LogP contribution in [0.2, 0.25) is 0 Å². The number of amides is 3. The van der Waals surface area contributed by atoms with Gasteiger partial charge in [-0.1, -0.05) is 42.5 Å². The normalized spacial score (nSPS) is 18.0. The van der Waals surface area contributed by atoms with Crippen molar-refractivity contribution in [2.24, 2.45) is 0 Å². The third kappa shape index (κ3) is 3.48. The Labute approximate surface area is 238 Å². The van der Waals surface area contributed by atoms with Crippen LogP contribution in [-0.2, 0) is 24.2 Å². The summed E-state index contributed by atoms with van der Waals surface area (Å²) in [5.74, 6) is -0.860. The van der Waals surface area contributed by atoms with E-state index in [0.717, 1.165) is 38.5 Å². The van der Waals surface area contributed by atoms with Crippen molar-refractivity contribution in [3.05, 3.63) is 89.7 Å². The van der Waals surface area contributed by atoms with Crippen molar-refractivity contribution in [3.8, 4) is 0 Å². The quantitative estimate of drug-likeness (QED) is 0.281. The molecular formula is C32H25N5O5. The van der Waals surface area contributed by atoms with Gasteiger partial charge in [0.25, 0.3) is 11.8 Å². The minimum absolute atomic E-state index is 0.126. The number of alkyl carbamates (subject to hydrolysis) is 1. The molecule has 3 amide bonds. The first kappa shape index (κ1) is 24.6. The smallest absolute Gasteiger partial charge is 0.407 e. The number of hydrogen-bond donors (Lipinski definition) is 3. The first-order chi connectivity index (χ1) is 20.5. The second-order valence-electron chi connectivity index (χ2n) is 10.7. The number of hydrogen-bond acceptors (Lipinski definition) is 6. The Morgan fingerprint density at radius 3 is 2.10 bits per heavy atom. The van der Waals surface area contributed by atoms with E-state index in [2.05, 4.69) is 15.6 Å². The number of ether oxygens (including phenoxy) is 1. The molecule has 3 aromatic carbocycles. The van der Waals surface area contributed by atoms with E-state index in [9.17, 15) is 19.5 Å². The molecule has 8 rings (SSSR count). The van der Waals surface area contributed by atoms with Gasteiger partial charge in [-0.2, -0.15) is 0 Å². The maximum Gasteiger partial charge on any atom is 0.407 e. The van der Waals surface area contributed by atoms with Crippen molar-refractivity contribution >= 4 is 61.5 Å². The highest BCUT2D eigenvalue weighted by Gasteiger charge is 2.39. The second kappa shape index (κ2) is 9.15. The van der Waals surface area contributed by atoms with Crippen molar-refractivity contribution in [2.75, 3.05) is 6.54 Å². The Bertz CT molecular complexity index is 2110. The van der Waals surface area contributed by atoms with Gasteiger partial charge in [-0.15, -0.1) is 0 Å². The molecule has 0 saturated heterocycles. The third-order valence-corrected chi connectivity index (χ3v) is 8.39. The van der Waals surface area contributed by atoms with Crippen LogP contribution in [-0.4, -0.2) is 55.9 Å². The van der Waals surface area contributed by atoms with Gasteiger partial charge in [-0.3, -0.25) is 19.9 Å². The maximum absolute atomic E-state index is 13.3. The van der Waals surface area contributed by atoms with Gasteiger partial charge in [0.15, 0.2) is 0 Å². The predicted octanol–water partition coefficient (Wildman–Crippen LogP) is 3.89. The molecule has 2 unspecified atom stereocenters. The van der Waals surface area contributed by atoms with Gasteiger partial charge in [0, 0.05) is 57.4 Å². The van der Waals surface area contributed by atoms with Crippen LogP contribution in [0.1, 0.15) is 26.4 Å². The molecule has 10 heteroatoms. The molecule has 0 fully saturated rings. The molecule has 0 radical (unpaired) electrons. The van der Waals surface area contributed by atoms with Crippen LogP contribution in [0.4, 0.5) is 4.79 Å². The van der Waals surface area contributed by atoms with Gasteiger partial charge < -0.3 is 24.3 Å². The summed E-state index contributed by atoms with van der Waals surface area (Å²) in [7, 11) is 0. The van der Waals surface area contributed by atoms with Crippen molar-refractivity contribution < 1.29 is 24.2 Å². The molecule has 0 bridgehead atoms. The van der Waals surface area contributed by atoms with E-state index in [1.807, 2.05) is 75.9 Å². The third-order valence-electron chi connectivity index (χ3n) is 8.39. The van der Waals surface area contributed by atoms with Crippen molar-refractivity contribution in [1.29, 1.82) is 0 Å². The van der Waals surface area contributed by atoms with Gasteiger partial charge >= 0.3 is 6.09 Å². The largest absolute Gasteiger partial charge is 0.441 e. The molecule has 0 aliphatic carbocycles. The topological polar surface area (TPSA) is 127 Å². The number of aliphatic hydroxyl groups excluding tert-OH is 1. The Kier molecular flexibility index (Phi) is 5.35. The first-order valence-electron chi connectivity index (χ1n) is 13.9. The standard InChI is InChI=1S/C32H25N5O5/c38-22-15-36-20-10-3-1-8-18(20)24-26-27(31(40)35-30(26)39)25-19-9-2-4-11-21(19)37(29(25)28(24)36)16-23(22)42-32(41)34-14-12-17-7-5-6-13-33-17/h1-11,13,22-23,38H,12,14-16H2,(H,34,41)(H,35,39,40). The number of carbonyl (C=O) groups is 3. The van der Waals surface area contributed by atoms with Gasteiger partial charge in [-0.05, 0) is 24.3 Å². The van der Waals surface area contributed by atoms with Crippen molar-refractivity contribution in [3.63, 3.8) is 0 Å². The van der Waals surface area contributed by atoms with Crippen LogP contribution in [0.5, 0.6) is 0 Å². The van der Waals surface area contributed by atoms with E-state index in [1.54, 1.807) is 6.20 Å². The summed E-state index contributed by atoms with van der Waals surface area (Å²) in [6.07, 6.45) is -0.344. The fourth-order valence-corrected chi connectivity index (χ4v) is 6.66. The van der Waals surface area contributed by atoms with Gasteiger partial charge in [0.2, 0.25) is 0 Å². The lowest BCUT2D eigenvalue weighted by Gasteiger charge is -2.28. The molecule has 10 nitrogen and oxygen atoms in total. The zero-order valence-corrected chi connectivity index (χ0v) is 22.3. The summed E-state index contributed by atoms with van der Waals surface area (Å²) in [4.78, 5) is 43.8. The van der Waals surface area contributed by atoms with Crippen LogP contribution in [0.3, 0.4) is 0 Å². The summed E-state index contributed by atoms with van der Waals surface area (Å²) in [5.41, 5.74) is 4.71. The first-order valence-corrected chi connectivity index (χ1v) is 13.9. The summed E-state index contributed by atoms with van der Waals surface area (Å²) < 4.78 is 9.86. The number of imide groups is 1. The molecule has 6 aromatic rings.